The standard InChI is InChI=1S/C32H35NO5/c1-7-17-38-25-10-8-9-23(19-25)33-28(21-11-13-22(14-12-21)32(3,4)5)27(30(35)31(33)36)29(34)26-16-15-24(37-6)18-20(26)2/h8-16,18-19,28,34H,7,17H2,1-6H3/b29-27-. The molecule has 1 aliphatic heterocycles. The molecule has 198 valence electrons. The Bertz CT molecular complexity index is 1380. The SMILES string of the molecule is CCCOc1cccc(N2C(=O)C(=O)/C(=C(\O)c3ccc(OC)cc3C)C2c2ccc(C(C)(C)C)cc2)c1. The number of amides is 1. The van der Waals surface area contributed by atoms with E-state index in [9.17, 15) is 14.7 Å². The van der Waals surface area contributed by atoms with Crippen LogP contribution in [0.3, 0.4) is 0 Å². The number of Topliss-reactive ketones (excluding diaryl/α,β-unsaturated/α-hetero) is 1. The molecule has 38 heavy (non-hydrogen) atoms. The van der Waals surface area contributed by atoms with Crippen molar-refractivity contribution >= 4 is 23.1 Å². The zero-order chi connectivity index (χ0) is 27.6. The van der Waals surface area contributed by atoms with Gasteiger partial charge in [-0.3, -0.25) is 14.5 Å². The van der Waals surface area contributed by atoms with Crippen molar-refractivity contribution in [3.63, 3.8) is 0 Å². The first-order valence-electron chi connectivity index (χ1n) is 12.9. The number of carbonyl (C=O) groups is 2. The van der Waals surface area contributed by atoms with E-state index in [1.165, 1.54) is 4.90 Å². The van der Waals surface area contributed by atoms with Crippen molar-refractivity contribution in [2.24, 2.45) is 0 Å². The van der Waals surface area contributed by atoms with Gasteiger partial charge in [0.05, 0.1) is 25.3 Å². The lowest BCUT2D eigenvalue weighted by molar-refractivity contribution is -0.132. The molecule has 0 spiro atoms. The topological polar surface area (TPSA) is 76.1 Å². The molecule has 6 nitrogen and oxygen atoms in total. The Morgan fingerprint density at radius 2 is 1.68 bits per heavy atom. The minimum atomic E-state index is -0.813. The molecule has 1 atom stereocenters. The molecule has 1 fully saturated rings. The fourth-order valence-electron chi connectivity index (χ4n) is 4.70. The monoisotopic (exact) mass is 513 g/mol. The van der Waals surface area contributed by atoms with E-state index in [1.807, 2.05) is 44.2 Å². The van der Waals surface area contributed by atoms with Crippen LogP contribution in [0.15, 0.2) is 72.3 Å². The molecule has 1 heterocycles. The lowest BCUT2D eigenvalue weighted by atomic mass is 9.85. The summed E-state index contributed by atoms with van der Waals surface area (Å²) in [5.41, 5.74) is 3.56. The van der Waals surface area contributed by atoms with Gasteiger partial charge in [0.25, 0.3) is 11.7 Å². The Hall–Kier alpha value is -4.06. The summed E-state index contributed by atoms with van der Waals surface area (Å²) in [5.74, 6) is -0.399. The lowest BCUT2D eigenvalue weighted by Gasteiger charge is -2.27. The van der Waals surface area contributed by atoms with Gasteiger partial charge in [0.15, 0.2) is 0 Å². The molecule has 3 aromatic carbocycles. The van der Waals surface area contributed by atoms with E-state index in [4.69, 9.17) is 9.47 Å². The average molecular weight is 514 g/mol. The van der Waals surface area contributed by atoms with Crippen LogP contribution in [0.25, 0.3) is 5.76 Å². The van der Waals surface area contributed by atoms with E-state index in [2.05, 4.69) is 20.8 Å². The minimum Gasteiger partial charge on any atom is -0.507 e. The summed E-state index contributed by atoms with van der Waals surface area (Å²) in [6, 6.07) is 19.4. The number of rotatable bonds is 7. The van der Waals surface area contributed by atoms with Crippen LogP contribution in [0.2, 0.25) is 0 Å². The fraction of sp³-hybridized carbons (Fsp3) is 0.312. The van der Waals surface area contributed by atoms with Gasteiger partial charge < -0.3 is 14.6 Å². The van der Waals surface area contributed by atoms with Gasteiger partial charge in [0, 0.05) is 17.3 Å². The van der Waals surface area contributed by atoms with Crippen LogP contribution in [0, 0.1) is 6.92 Å². The van der Waals surface area contributed by atoms with E-state index in [-0.39, 0.29) is 16.7 Å². The highest BCUT2D eigenvalue weighted by Gasteiger charge is 2.47. The highest BCUT2D eigenvalue weighted by atomic mass is 16.5. The van der Waals surface area contributed by atoms with Crippen LogP contribution in [0.5, 0.6) is 11.5 Å². The number of aliphatic hydroxyl groups excluding tert-OH is 1. The van der Waals surface area contributed by atoms with Gasteiger partial charge >= 0.3 is 0 Å². The van der Waals surface area contributed by atoms with Crippen LogP contribution in [0.4, 0.5) is 5.69 Å². The molecule has 1 N–H and O–H groups in total. The Labute approximate surface area is 224 Å². The largest absolute Gasteiger partial charge is 0.507 e. The van der Waals surface area contributed by atoms with Gasteiger partial charge in [0.1, 0.15) is 17.3 Å². The first-order chi connectivity index (χ1) is 18.1. The van der Waals surface area contributed by atoms with E-state index >= 15 is 0 Å². The van der Waals surface area contributed by atoms with Gasteiger partial charge in [-0.25, -0.2) is 0 Å². The van der Waals surface area contributed by atoms with Crippen molar-refractivity contribution < 1.29 is 24.2 Å². The fourth-order valence-corrected chi connectivity index (χ4v) is 4.70. The molecule has 1 amide bonds. The number of hydrogen-bond acceptors (Lipinski definition) is 5. The van der Waals surface area contributed by atoms with Gasteiger partial charge in [-0.1, -0.05) is 58.0 Å². The van der Waals surface area contributed by atoms with Crippen LogP contribution >= 0.6 is 0 Å². The van der Waals surface area contributed by atoms with Crippen LogP contribution in [-0.4, -0.2) is 30.5 Å². The van der Waals surface area contributed by atoms with Gasteiger partial charge in [0.2, 0.25) is 0 Å². The first kappa shape index (κ1) is 27.0. The van der Waals surface area contributed by atoms with Crippen LogP contribution < -0.4 is 14.4 Å². The van der Waals surface area contributed by atoms with Crippen molar-refractivity contribution in [1.29, 1.82) is 0 Å². The summed E-state index contributed by atoms with van der Waals surface area (Å²) in [6.45, 7) is 10.8. The van der Waals surface area contributed by atoms with Gasteiger partial charge in [-0.05, 0) is 65.8 Å². The molecule has 0 aromatic heterocycles. The van der Waals surface area contributed by atoms with Gasteiger partial charge in [-0.15, -0.1) is 0 Å². The Kier molecular flexibility index (Phi) is 7.63. The second kappa shape index (κ2) is 10.7. The molecule has 0 radical (unpaired) electrons. The normalized spacial score (nSPS) is 17.1. The van der Waals surface area contributed by atoms with Crippen molar-refractivity contribution in [3.8, 4) is 11.5 Å². The molecule has 1 aliphatic rings. The maximum atomic E-state index is 13.5. The predicted octanol–water partition coefficient (Wildman–Crippen LogP) is 6.72. The third-order valence-electron chi connectivity index (χ3n) is 6.79. The van der Waals surface area contributed by atoms with Crippen LogP contribution in [-0.2, 0) is 15.0 Å². The number of ether oxygens (including phenoxy) is 2. The lowest BCUT2D eigenvalue weighted by Crippen LogP contribution is -2.29. The Balaban J connectivity index is 1.91. The average Bonchev–Trinajstić information content (AvgIpc) is 3.16. The maximum Gasteiger partial charge on any atom is 0.300 e. The zero-order valence-electron chi connectivity index (χ0n) is 22.9. The summed E-state index contributed by atoms with van der Waals surface area (Å²) in [6.07, 6.45) is 0.843. The second-order valence-corrected chi connectivity index (χ2v) is 10.6. The predicted molar refractivity (Wildman–Crippen MR) is 150 cm³/mol. The number of anilines is 1. The molecular formula is C32H35NO5. The highest BCUT2D eigenvalue weighted by Crippen LogP contribution is 2.43. The summed E-state index contributed by atoms with van der Waals surface area (Å²) >= 11 is 0. The van der Waals surface area contributed by atoms with Crippen molar-refractivity contribution in [1.82, 2.24) is 0 Å². The van der Waals surface area contributed by atoms with Gasteiger partial charge in [-0.2, -0.15) is 0 Å². The second-order valence-electron chi connectivity index (χ2n) is 10.6. The molecule has 6 heteroatoms. The molecular weight excluding hydrogens is 478 g/mol. The van der Waals surface area contributed by atoms with E-state index in [0.29, 0.717) is 29.4 Å². The number of methoxy groups -OCH3 is 1. The number of aryl methyl sites for hydroxylation is 1. The Morgan fingerprint density at radius 3 is 2.29 bits per heavy atom. The maximum absolute atomic E-state index is 13.5. The number of carbonyl (C=O) groups excluding carboxylic acids is 2. The summed E-state index contributed by atoms with van der Waals surface area (Å²) in [4.78, 5) is 28.5. The summed E-state index contributed by atoms with van der Waals surface area (Å²) in [7, 11) is 1.57. The molecule has 1 unspecified atom stereocenters. The smallest absolute Gasteiger partial charge is 0.300 e. The van der Waals surface area contributed by atoms with Crippen molar-refractivity contribution in [2.75, 3.05) is 18.6 Å². The Morgan fingerprint density at radius 1 is 0.974 bits per heavy atom. The first-order valence-corrected chi connectivity index (χ1v) is 12.9. The molecule has 4 rings (SSSR count). The van der Waals surface area contributed by atoms with E-state index in [0.717, 1.165) is 23.1 Å². The summed E-state index contributed by atoms with van der Waals surface area (Å²) < 4.78 is 11.1. The minimum absolute atomic E-state index is 0.0478. The molecule has 3 aromatic rings. The third-order valence-corrected chi connectivity index (χ3v) is 6.79. The molecule has 0 aliphatic carbocycles. The number of nitrogens with zero attached hydrogens (tertiary/aromatic N) is 1. The number of aliphatic hydroxyl groups is 1. The van der Waals surface area contributed by atoms with E-state index < -0.39 is 17.7 Å². The number of hydrogen-bond donors (Lipinski definition) is 1. The van der Waals surface area contributed by atoms with E-state index in [1.54, 1.807) is 43.5 Å². The quantitative estimate of drug-likeness (QED) is 0.216. The van der Waals surface area contributed by atoms with Crippen molar-refractivity contribution in [3.05, 3.63) is 94.6 Å². The number of ketones is 1. The zero-order valence-corrected chi connectivity index (χ0v) is 22.9. The van der Waals surface area contributed by atoms with Crippen molar-refractivity contribution in [2.45, 2.75) is 52.5 Å². The third kappa shape index (κ3) is 5.17. The number of benzene rings is 3. The summed E-state index contributed by atoms with van der Waals surface area (Å²) in [5, 5.41) is 11.5. The molecule has 1 saturated heterocycles. The highest BCUT2D eigenvalue weighted by molar-refractivity contribution is 6.51. The van der Waals surface area contributed by atoms with Crippen LogP contribution in [0.1, 0.15) is 62.4 Å². The molecule has 0 bridgehead atoms. The molecule has 0 saturated carbocycles.